The summed E-state index contributed by atoms with van der Waals surface area (Å²) in [6.07, 6.45) is 1.34. The predicted octanol–water partition coefficient (Wildman–Crippen LogP) is 5.10. The van der Waals surface area contributed by atoms with Gasteiger partial charge < -0.3 is 4.74 Å². The van der Waals surface area contributed by atoms with Gasteiger partial charge in [-0.25, -0.2) is 0 Å². The van der Waals surface area contributed by atoms with Crippen molar-refractivity contribution in [2.75, 3.05) is 0 Å². The molecule has 0 amide bonds. The van der Waals surface area contributed by atoms with Crippen LogP contribution in [0.4, 0.5) is 8.78 Å². The van der Waals surface area contributed by atoms with Gasteiger partial charge in [-0.05, 0) is 29.8 Å². The number of ketones is 1. The summed E-state index contributed by atoms with van der Waals surface area (Å²) in [4.78, 5) is 26.2. The second-order valence-electron chi connectivity index (χ2n) is 7.26. The fourth-order valence-electron chi connectivity index (χ4n) is 3.90. The van der Waals surface area contributed by atoms with E-state index in [1.165, 1.54) is 30.3 Å². The molecule has 0 aliphatic heterocycles. The van der Waals surface area contributed by atoms with Gasteiger partial charge in [0.1, 0.15) is 23.1 Å². The fraction of sp³-hybridized carbons (Fsp3) is 0.0400. The molecule has 4 aromatic rings. The van der Waals surface area contributed by atoms with Gasteiger partial charge in [0.25, 0.3) is 5.91 Å². The highest BCUT2D eigenvalue weighted by Gasteiger charge is 2.30. The predicted molar refractivity (Wildman–Crippen MR) is 116 cm³/mol. The third-order valence-electron chi connectivity index (χ3n) is 5.34. The van der Waals surface area contributed by atoms with Gasteiger partial charge in [0.05, 0.1) is 5.52 Å². The summed E-state index contributed by atoms with van der Waals surface area (Å²) >= 11 is 0. The van der Waals surface area contributed by atoms with E-state index in [-0.39, 0.29) is 17.1 Å². The van der Waals surface area contributed by atoms with Crippen molar-refractivity contribution in [2.45, 2.75) is 6.61 Å². The summed E-state index contributed by atoms with van der Waals surface area (Å²) in [5, 5.41) is 14.7. The molecule has 0 unspecified atom stereocenters. The lowest BCUT2D eigenvalue weighted by Gasteiger charge is -2.13. The van der Waals surface area contributed by atoms with E-state index >= 15 is 0 Å². The Balaban J connectivity index is 1.59. The second-order valence-corrected chi connectivity index (χ2v) is 7.26. The van der Waals surface area contributed by atoms with E-state index in [4.69, 9.17) is 0 Å². The lowest BCUT2D eigenvalue weighted by Crippen LogP contribution is -2.14. The van der Waals surface area contributed by atoms with Crippen LogP contribution in [0.1, 0.15) is 26.3 Å². The largest absolute Gasteiger partial charge is 0.435 e. The SMILES string of the molecule is N#CC(=Cc1ccc(OC(F)F)cc1)C(=O)n1nc2c3c(cccc31)C(=O)c1ccccc1-2. The maximum atomic E-state index is 13.3. The maximum absolute atomic E-state index is 13.3. The number of benzene rings is 3. The third kappa shape index (κ3) is 3.36. The molecule has 5 rings (SSSR count). The van der Waals surface area contributed by atoms with Crippen molar-refractivity contribution in [3.63, 3.8) is 0 Å². The average molecular weight is 441 g/mol. The number of fused-ring (bicyclic) bond motifs is 2. The quantitative estimate of drug-likeness (QED) is 0.286. The molecule has 0 bridgehead atoms. The highest BCUT2D eigenvalue weighted by molar-refractivity contribution is 6.26. The minimum Gasteiger partial charge on any atom is -0.435 e. The van der Waals surface area contributed by atoms with E-state index < -0.39 is 12.5 Å². The van der Waals surface area contributed by atoms with E-state index in [0.717, 1.165) is 4.68 Å². The number of hydrogen-bond donors (Lipinski definition) is 0. The first-order valence-corrected chi connectivity index (χ1v) is 9.85. The molecule has 0 radical (unpaired) electrons. The molecule has 6 nitrogen and oxygen atoms in total. The van der Waals surface area contributed by atoms with Crippen molar-refractivity contribution in [2.24, 2.45) is 0 Å². The number of ether oxygens (including phenoxy) is 1. The van der Waals surface area contributed by atoms with Crippen molar-refractivity contribution in [3.05, 3.63) is 89.0 Å². The van der Waals surface area contributed by atoms with Gasteiger partial charge in [-0.3, -0.25) is 9.59 Å². The molecule has 160 valence electrons. The Morgan fingerprint density at radius 1 is 1.00 bits per heavy atom. The standard InChI is InChI=1S/C25H13F2N3O3/c26-25(27)33-16-10-8-14(9-11-16)12-15(13-28)24(32)30-20-7-3-6-19-21(20)22(29-30)17-4-1-2-5-18(17)23(19)31/h1-12,25H. The summed E-state index contributed by atoms with van der Waals surface area (Å²) in [5.74, 6) is -0.868. The van der Waals surface area contributed by atoms with Crippen LogP contribution < -0.4 is 4.74 Å². The van der Waals surface area contributed by atoms with E-state index in [1.807, 2.05) is 6.07 Å². The van der Waals surface area contributed by atoms with Crippen LogP contribution in [0.25, 0.3) is 28.2 Å². The molecule has 0 N–H and O–H groups in total. The molecular formula is C25H13F2N3O3. The molecule has 0 fully saturated rings. The Bertz CT molecular complexity index is 1510. The number of rotatable bonds is 4. The third-order valence-corrected chi connectivity index (χ3v) is 5.34. The van der Waals surface area contributed by atoms with E-state index in [0.29, 0.717) is 38.9 Å². The van der Waals surface area contributed by atoms with Gasteiger partial charge >= 0.3 is 6.61 Å². The van der Waals surface area contributed by atoms with Crippen molar-refractivity contribution >= 4 is 28.7 Å². The monoisotopic (exact) mass is 441 g/mol. The van der Waals surface area contributed by atoms with E-state index in [1.54, 1.807) is 42.5 Å². The molecule has 0 saturated heterocycles. The van der Waals surface area contributed by atoms with Crippen LogP contribution in [0.3, 0.4) is 0 Å². The average Bonchev–Trinajstić information content (AvgIpc) is 3.22. The number of hydrogen-bond acceptors (Lipinski definition) is 5. The number of aromatic nitrogens is 2. The summed E-state index contributed by atoms with van der Waals surface area (Å²) in [6, 6.07) is 19.5. The van der Waals surface area contributed by atoms with Crippen molar-refractivity contribution < 1.29 is 23.1 Å². The highest BCUT2D eigenvalue weighted by Crippen LogP contribution is 2.38. The van der Waals surface area contributed by atoms with Gasteiger partial charge in [-0.2, -0.15) is 23.8 Å². The van der Waals surface area contributed by atoms with Crippen LogP contribution in [0.5, 0.6) is 5.75 Å². The minimum atomic E-state index is -2.95. The molecule has 1 aliphatic carbocycles. The van der Waals surface area contributed by atoms with Crippen LogP contribution >= 0.6 is 0 Å². The number of nitrogens with zero attached hydrogens (tertiary/aromatic N) is 3. The van der Waals surface area contributed by atoms with Gasteiger partial charge in [-0.15, -0.1) is 0 Å². The Hall–Kier alpha value is -4.64. The summed E-state index contributed by atoms with van der Waals surface area (Å²) < 4.78 is 30.1. The Morgan fingerprint density at radius 2 is 1.70 bits per heavy atom. The number of allylic oxidation sites excluding steroid dienone is 1. The Kier molecular flexibility index (Phi) is 4.79. The summed E-state index contributed by atoms with van der Waals surface area (Å²) in [5.41, 5.74) is 2.71. The zero-order valence-corrected chi connectivity index (χ0v) is 16.8. The van der Waals surface area contributed by atoms with Crippen LogP contribution in [-0.4, -0.2) is 28.1 Å². The number of halogens is 2. The molecule has 1 heterocycles. The molecule has 33 heavy (non-hydrogen) atoms. The van der Waals surface area contributed by atoms with Crippen molar-refractivity contribution in [3.8, 4) is 23.1 Å². The van der Waals surface area contributed by atoms with Crippen molar-refractivity contribution in [1.82, 2.24) is 9.78 Å². The first kappa shape index (κ1) is 20.3. The Morgan fingerprint density at radius 3 is 2.39 bits per heavy atom. The zero-order valence-electron chi connectivity index (χ0n) is 16.8. The van der Waals surface area contributed by atoms with Crippen LogP contribution in [-0.2, 0) is 0 Å². The van der Waals surface area contributed by atoms with Crippen LogP contribution in [0.2, 0.25) is 0 Å². The zero-order chi connectivity index (χ0) is 23.1. The topological polar surface area (TPSA) is 85.0 Å². The number of carbonyl (C=O) groups is 2. The van der Waals surface area contributed by atoms with Gasteiger partial charge in [0.2, 0.25) is 0 Å². The van der Waals surface area contributed by atoms with Gasteiger partial charge in [0, 0.05) is 22.1 Å². The summed E-state index contributed by atoms with van der Waals surface area (Å²) in [6.45, 7) is -2.95. The molecule has 1 aliphatic rings. The number of carbonyl (C=O) groups excluding carboxylic acids is 2. The van der Waals surface area contributed by atoms with Crippen molar-refractivity contribution in [1.29, 1.82) is 5.26 Å². The number of alkyl halides is 2. The molecule has 1 aromatic heterocycles. The molecule has 8 heteroatoms. The van der Waals surface area contributed by atoms with Gasteiger partial charge in [0.15, 0.2) is 5.78 Å². The molecule has 0 atom stereocenters. The van der Waals surface area contributed by atoms with E-state index in [2.05, 4.69) is 9.84 Å². The maximum Gasteiger partial charge on any atom is 0.387 e. The lowest BCUT2D eigenvalue weighted by molar-refractivity contribution is -0.0498. The van der Waals surface area contributed by atoms with Gasteiger partial charge in [-0.1, -0.05) is 48.5 Å². The molecule has 3 aromatic carbocycles. The van der Waals surface area contributed by atoms with Crippen LogP contribution in [0.15, 0.2) is 72.3 Å². The van der Waals surface area contributed by atoms with Crippen LogP contribution in [0, 0.1) is 11.3 Å². The Labute approximate surface area is 185 Å². The minimum absolute atomic E-state index is 0.0380. The smallest absolute Gasteiger partial charge is 0.387 e. The second kappa shape index (κ2) is 7.80. The molecular weight excluding hydrogens is 428 g/mol. The summed E-state index contributed by atoms with van der Waals surface area (Å²) in [7, 11) is 0. The normalized spacial score (nSPS) is 12.5. The first-order valence-electron chi connectivity index (χ1n) is 9.85. The van der Waals surface area contributed by atoms with E-state index in [9.17, 15) is 23.6 Å². The lowest BCUT2D eigenvalue weighted by atomic mass is 9.87. The first-order chi connectivity index (χ1) is 16.0. The fourth-order valence-corrected chi connectivity index (χ4v) is 3.90. The molecule has 0 spiro atoms. The highest BCUT2D eigenvalue weighted by atomic mass is 19.3. The molecule has 0 saturated carbocycles. The number of nitriles is 1.